The fourth-order valence-electron chi connectivity index (χ4n) is 4.93. The molecule has 8 nitrogen and oxygen atoms in total. The number of carbonyl (C=O) groups excluding carboxylic acids is 1. The maximum Gasteiger partial charge on any atom is 0.408 e. The van der Waals surface area contributed by atoms with Crippen molar-refractivity contribution in [1.29, 1.82) is 0 Å². The fraction of sp³-hybridized carbons (Fsp3) is 0.433. The van der Waals surface area contributed by atoms with Gasteiger partial charge in [-0.1, -0.05) is 37.6 Å². The molecule has 42 heavy (non-hydrogen) atoms. The number of aryl methyl sites for hydroxylation is 1. The lowest BCUT2D eigenvalue weighted by atomic mass is 10.0. The maximum atomic E-state index is 14.8. The molecule has 12 heteroatoms. The summed E-state index contributed by atoms with van der Waals surface area (Å²) < 4.78 is 69.3. The number of nitrogens with zero attached hydrogens (tertiary/aromatic N) is 4. The number of carbonyl (C=O) groups is 1. The lowest BCUT2D eigenvalue weighted by Crippen LogP contribution is -2.38. The van der Waals surface area contributed by atoms with Gasteiger partial charge in [0.1, 0.15) is 19.3 Å². The van der Waals surface area contributed by atoms with Gasteiger partial charge < -0.3 is 15.2 Å². The third-order valence-corrected chi connectivity index (χ3v) is 6.99. The Morgan fingerprint density at radius 1 is 1.24 bits per heavy atom. The number of hydrogen-bond acceptors (Lipinski definition) is 7. The van der Waals surface area contributed by atoms with E-state index in [2.05, 4.69) is 10.2 Å². The van der Waals surface area contributed by atoms with E-state index in [9.17, 15) is 22.4 Å². The molecule has 2 unspecified atom stereocenters. The van der Waals surface area contributed by atoms with Crippen LogP contribution in [0.2, 0.25) is 0 Å². The van der Waals surface area contributed by atoms with Crippen LogP contribution in [0.4, 0.5) is 17.6 Å². The molecule has 0 saturated carbocycles. The Kier molecular flexibility index (Phi) is 10.00. The zero-order valence-electron chi connectivity index (χ0n) is 23.8. The van der Waals surface area contributed by atoms with Gasteiger partial charge in [0.15, 0.2) is 23.0 Å². The van der Waals surface area contributed by atoms with Gasteiger partial charge in [-0.15, -0.1) is 10.2 Å². The van der Waals surface area contributed by atoms with Crippen LogP contribution in [0.1, 0.15) is 61.7 Å². The summed E-state index contributed by atoms with van der Waals surface area (Å²) >= 11 is 0. The second kappa shape index (κ2) is 13.5. The molecule has 2 atom stereocenters. The molecule has 1 fully saturated rings. The Bertz CT molecular complexity index is 1470. The standard InChI is InChI=1S/C30H35F4N5O3/c1-4-5-6-21(7-8-22-16-25(31)26(15-19(22)2)42-14-13-41-20(3)40)29-37-36-27-10-9-23(17-39(27)29)28(30(32,33)34)38-12-11-24(35)18-38/h6-10,15-17,24,28H,4-5,11-14,18,35H2,1-3H3. The molecule has 1 aliphatic rings. The van der Waals surface area contributed by atoms with Crippen molar-refractivity contribution in [2.75, 3.05) is 26.3 Å². The average Bonchev–Trinajstić information content (AvgIpc) is 3.54. The van der Waals surface area contributed by atoms with E-state index in [4.69, 9.17) is 15.2 Å². The second-order valence-corrected chi connectivity index (χ2v) is 10.3. The van der Waals surface area contributed by atoms with Crippen molar-refractivity contribution in [3.63, 3.8) is 0 Å². The van der Waals surface area contributed by atoms with Crippen molar-refractivity contribution in [1.82, 2.24) is 19.5 Å². The van der Waals surface area contributed by atoms with Crippen LogP contribution in [0.25, 0.3) is 17.3 Å². The van der Waals surface area contributed by atoms with E-state index in [1.54, 1.807) is 29.5 Å². The number of unbranched alkanes of at least 4 members (excludes halogenated alkanes) is 1. The van der Waals surface area contributed by atoms with Crippen molar-refractivity contribution >= 4 is 23.3 Å². The number of pyridine rings is 1. The van der Waals surface area contributed by atoms with Gasteiger partial charge in [-0.3, -0.25) is 14.1 Å². The molecule has 0 amide bonds. The van der Waals surface area contributed by atoms with Gasteiger partial charge in [-0.05, 0) is 54.7 Å². The molecule has 4 rings (SSSR count). The van der Waals surface area contributed by atoms with Gasteiger partial charge in [-0.2, -0.15) is 13.2 Å². The molecule has 3 aromatic rings. The third kappa shape index (κ3) is 7.54. The number of rotatable bonds is 11. The van der Waals surface area contributed by atoms with E-state index in [1.807, 2.05) is 13.0 Å². The summed E-state index contributed by atoms with van der Waals surface area (Å²) in [6, 6.07) is 3.75. The summed E-state index contributed by atoms with van der Waals surface area (Å²) in [7, 11) is 0. The highest BCUT2D eigenvalue weighted by Crippen LogP contribution is 2.39. The van der Waals surface area contributed by atoms with Crippen molar-refractivity contribution in [2.45, 2.75) is 58.3 Å². The van der Waals surface area contributed by atoms with E-state index in [0.717, 1.165) is 12.0 Å². The summed E-state index contributed by atoms with van der Waals surface area (Å²) in [6.07, 6.45) is 4.37. The van der Waals surface area contributed by atoms with Crippen molar-refractivity contribution < 1.29 is 31.8 Å². The molecule has 2 aromatic heterocycles. The molecule has 2 N–H and O–H groups in total. The zero-order valence-corrected chi connectivity index (χ0v) is 23.8. The van der Waals surface area contributed by atoms with E-state index in [1.165, 1.54) is 36.2 Å². The summed E-state index contributed by atoms with van der Waals surface area (Å²) in [5.41, 5.74) is 8.35. The van der Waals surface area contributed by atoms with Crippen molar-refractivity contribution in [3.8, 4) is 5.75 Å². The van der Waals surface area contributed by atoms with Crippen LogP contribution in [-0.2, 0) is 9.53 Å². The first-order chi connectivity index (χ1) is 20.0. The van der Waals surface area contributed by atoms with Gasteiger partial charge >= 0.3 is 12.1 Å². The predicted molar refractivity (Wildman–Crippen MR) is 151 cm³/mol. The van der Waals surface area contributed by atoms with Crippen LogP contribution >= 0.6 is 0 Å². The minimum absolute atomic E-state index is 0.00433. The number of nitrogens with two attached hydrogens (primary N) is 1. The SMILES string of the molecule is CCCC=C(C=Cc1cc(F)c(OCCOC(C)=O)cc1C)c1nnc2ccc(C(N3CCC(N)C3)C(F)(F)F)cn12. The first-order valence-electron chi connectivity index (χ1n) is 13.8. The number of likely N-dealkylation sites (tertiary alicyclic amines) is 1. The lowest BCUT2D eigenvalue weighted by Gasteiger charge is -2.30. The molecule has 0 bridgehead atoms. The minimum Gasteiger partial charge on any atom is -0.487 e. The summed E-state index contributed by atoms with van der Waals surface area (Å²) in [4.78, 5) is 12.3. The molecule has 226 valence electrons. The summed E-state index contributed by atoms with van der Waals surface area (Å²) in [5.74, 6) is -0.623. The highest BCUT2D eigenvalue weighted by Gasteiger charge is 2.46. The molecule has 3 heterocycles. The van der Waals surface area contributed by atoms with Gasteiger partial charge in [0.2, 0.25) is 0 Å². The number of alkyl halides is 3. The Morgan fingerprint density at radius 2 is 2.02 bits per heavy atom. The molecule has 0 radical (unpaired) electrons. The van der Waals surface area contributed by atoms with Gasteiger partial charge in [0, 0.05) is 37.8 Å². The molecule has 1 aromatic carbocycles. The topological polar surface area (TPSA) is 95.0 Å². The second-order valence-electron chi connectivity index (χ2n) is 10.3. The number of benzene rings is 1. The first-order valence-corrected chi connectivity index (χ1v) is 13.8. The molecular formula is C30H35F4N5O3. The quantitative estimate of drug-likeness (QED) is 0.134. The minimum atomic E-state index is -4.50. The molecule has 1 saturated heterocycles. The number of hydrogen-bond donors (Lipinski definition) is 1. The van der Waals surface area contributed by atoms with Crippen LogP contribution in [0.15, 0.2) is 42.6 Å². The highest BCUT2D eigenvalue weighted by atomic mass is 19.4. The van der Waals surface area contributed by atoms with Gasteiger partial charge in [0.25, 0.3) is 0 Å². The van der Waals surface area contributed by atoms with Crippen LogP contribution in [0, 0.1) is 12.7 Å². The first kappa shape index (κ1) is 31.2. The lowest BCUT2D eigenvalue weighted by molar-refractivity contribution is -0.183. The van der Waals surface area contributed by atoms with Gasteiger partial charge in [0.05, 0.1) is 0 Å². The number of halogens is 4. The fourth-order valence-corrected chi connectivity index (χ4v) is 4.93. The third-order valence-electron chi connectivity index (χ3n) is 6.99. The Balaban J connectivity index is 1.64. The van der Waals surface area contributed by atoms with Crippen LogP contribution < -0.4 is 10.5 Å². The molecule has 1 aliphatic heterocycles. The number of fused-ring (bicyclic) bond motifs is 1. The monoisotopic (exact) mass is 589 g/mol. The van der Waals surface area contributed by atoms with Crippen molar-refractivity contribution in [2.24, 2.45) is 5.73 Å². The van der Waals surface area contributed by atoms with E-state index >= 15 is 0 Å². The number of esters is 1. The molecular weight excluding hydrogens is 554 g/mol. The van der Waals surface area contributed by atoms with Gasteiger partial charge in [-0.25, -0.2) is 4.39 Å². The van der Waals surface area contributed by atoms with Crippen LogP contribution in [0.3, 0.4) is 0 Å². The normalized spacial score (nSPS) is 17.3. The smallest absolute Gasteiger partial charge is 0.408 e. The van der Waals surface area contributed by atoms with E-state index in [-0.39, 0.29) is 43.7 Å². The Morgan fingerprint density at radius 3 is 2.69 bits per heavy atom. The van der Waals surface area contributed by atoms with E-state index in [0.29, 0.717) is 35.4 Å². The van der Waals surface area contributed by atoms with Crippen LogP contribution in [-0.4, -0.2) is 64.0 Å². The average molecular weight is 590 g/mol. The summed E-state index contributed by atoms with van der Waals surface area (Å²) in [6.45, 7) is 5.52. The number of allylic oxidation sites excluding steroid dienone is 3. The number of aromatic nitrogens is 3. The Labute approximate surface area is 241 Å². The predicted octanol–water partition coefficient (Wildman–Crippen LogP) is 5.65. The van der Waals surface area contributed by atoms with E-state index < -0.39 is 24.0 Å². The van der Waals surface area contributed by atoms with Crippen LogP contribution in [0.5, 0.6) is 5.75 Å². The molecule has 0 aliphatic carbocycles. The highest BCUT2D eigenvalue weighted by molar-refractivity contribution is 5.77. The largest absolute Gasteiger partial charge is 0.487 e. The Hall–Kier alpha value is -3.77. The number of ether oxygens (including phenoxy) is 2. The zero-order chi connectivity index (χ0) is 30.4. The molecule has 0 spiro atoms. The summed E-state index contributed by atoms with van der Waals surface area (Å²) in [5, 5.41) is 8.47. The van der Waals surface area contributed by atoms with Crippen molar-refractivity contribution in [3.05, 3.63) is 70.9 Å². The maximum absolute atomic E-state index is 14.8.